The monoisotopic (exact) mass is 734 g/mol. The second-order valence-corrected chi connectivity index (χ2v) is 29.1. The fourth-order valence-electron chi connectivity index (χ4n) is 5.79. The topological polar surface area (TPSA) is 55.4 Å². The molecule has 0 aliphatic heterocycles. The van der Waals surface area contributed by atoms with Crippen LogP contribution < -0.4 is 0 Å². The summed E-state index contributed by atoms with van der Waals surface area (Å²) in [6.07, 6.45) is 15.6. The number of rotatable bonds is 33. The van der Waals surface area contributed by atoms with E-state index in [0.29, 0.717) is 59.5 Å². The van der Waals surface area contributed by atoms with Gasteiger partial charge < -0.3 is 28.2 Å². The Morgan fingerprint density at radius 3 is 0.898 bits per heavy atom. The van der Waals surface area contributed by atoms with Crippen LogP contribution in [0.15, 0.2) is 71.8 Å². The van der Waals surface area contributed by atoms with E-state index in [-0.39, 0.29) is 0 Å². The molecule has 0 radical (unpaired) electrons. The van der Waals surface area contributed by atoms with Gasteiger partial charge in [0.25, 0.3) is 0 Å². The summed E-state index contributed by atoms with van der Waals surface area (Å²) in [4.78, 5) is 0. The van der Waals surface area contributed by atoms with Crippen LogP contribution in [0, 0.1) is 0 Å². The number of allylic oxidation sites excluding steroid dienone is 6. The van der Waals surface area contributed by atoms with Crippen molar-refractivity contribution in [1.29, 1.82) is 0 Å². The molecule has 6 nitrogen and oxygen atoms in total. The Hall–Kier alpha value is -1.08. The van der Waals surface area contributed by atoms with E-state index in [1.165, 1.54) is 51.9 Å². The van der Waals surface area contributed by atoms with Crippen molar-refractivity contribution < 1.29 is 28.2 Å². The molecule has 0 aliphatic carbocycles. The van der Waals surface area contributed by atoms with Gasteiger partial charge in [0.2, 0.25) is 0 Å². The molecule has 0 aromatic heterocycles. The van der Waals surface area contributed by atoms with E-state index in [1.54, 1.807) is 0 Å². The summed E-state index contributed by atoms with van der Waals surface area (Å²) in [7, 11) is -5.10. The lowest BCUT2D eigenvalue weighted by molar-refractivity contribution is 0.0283. The second-order valence-electron chi connectivity index (χ2n) is 13.6. The standard InChI is InChI=1S/C39H75BO6Si3/c1-13-22-37(47(10,16-4)17-5)25-28-41-31-34-44-40(45-35-32-42-29-26-38(23-14-2)48(11,18-6)19-7)46-36-33-43-30-27-39(24-15-3)49(12,20-8)21-9/h13-15,25-27H,1-3,16-24,28-36H2,4-12H3/b37-25-,38-26-,39-27+. The summed E-state index contributed by atoms with van der Waals surface area (Å²) < 4.78 is 35.7. The highest BCUT2D eigenvalue weighted by atomic mass is 28.3. The van der Waals surface area contributed by atoms with Crippen molar-refractivity contribution in [2.45, 2.75) is 117 Å². The molecule has 0 rings (SSSR count). The minimum atomic E-state index is -1.43. The number of hydrogen-bond donors (Lipinski definition) is 0. The third kappa shape index (κ3) is 18.8. The minimum Gasteiger partial charge on any atom is -0.383 e. The molecule has 0 fully saturated rings. The molecule has 0 aliphatic rings. The van der Waals surface area contributed by atoms with Gasteiger partial charge in [0.05, 0.1) is 83.7 Å². The smallest absolute Gasteiger partial charge is 0.383 e. The Morgan fingerprint density at radius 2 is 0.694 bits per heavy atom. The Morgan fingerprint density at radius 1 is 0.449 bits per heavy atom. The van der Waals surface area contributed by atoms with Crippen LogP contribution in [0.4, 0.5) is 0 Å². The van der Waals surface area contributed by atoms with Gasteiger partial charge in [-0.25, -0.2) is 0 Å². The van der Waals surface area contributed by atoms with Crippen LogP contribution in [-0.4, -0.2) is 91.0 Å². The van der Waals surface area contributed by atoms with Crippen LogP contribution in [0.3, 0.4) is 0 Å². The first-order chi connectivity index (χ1) is 23.5. The molecule has 0 amide bonds. The maximum atomic E-state index is 5.96. The Kier molecular flexibility index (Phi) is 27.9. The maximum absolute atomic E-state index is 5.96. The molecule has 0 N–H and O–H groups in total. The fourth-order valence-corrected chi connectivity index (χ4v) is 13.7. The third-order valence-corrected chi connectivity index (χ3v) is 26.1. The lowest BCUT2D eigenvalue weighted by atomic mass is 10.2. The van der Waals surface area contributed by atoms with Gasteiger partial charge in [-0.1, -0.05) is 149 Å². The predicted molar refractivity (Wildman–Crippen MR) is 222 cm³/mol. The van der Waals surface area contributed by atoms with Crippen molar-refractivity contribution in [2.24, 2.45) is 0 Å². The summed E-state index contributed by atoms with van der Waals surface area (Å²) in [5.41, 5.74) is 0. The first-order valence-corrected chi connectivity index (χ1v) is 27.8. The van der Waals surface area contributed by atoms with Crippen LogP contribution in [0.2, 0.25) is 55.9 Å². The van der Waals surface area contributed by atoms with Crippen molar-refractivity contribution in [3.05, 3.63) is 71.8 Å². The Labute approximate surface area is 306 Å². The van der Waals surface area contributed by atoms with Crippen LogP contribution in [-0.2, 0) is 28.2 Å². The van der Waals surface area contributed by atoms with Gasteiger partial charge in [-0.05, 0) is 19.3 Å². The van der Waals surface area contributed by atoms with Crippen molar-refractivity contribution in [3.8, 4) is 0 Å². The van der Waals surface area contributed by atoms with E-state index in [1.807, 2.05) is 18.2 Å². The molecular formula is C39H75BO6Si3. The molecule has 49 heavy (non-hydrogen) atoms. The van der Waals surface area contributed by atoms with Gasteiger partial charge in [0.1, 0.15) is 0 Å². The van der Waals surface area contributed by atoms with E-state index >= 15 is 0 Å². The molecule has 0 bridgehead atoms. The van der Waals surface area contributed by atoms with Crippen molar-refractivity contribution in [1.82, 2.24) is 0 Å². The molecule has 0 heterocycles. The van der Waals surface area contributed by atoms with Crippen LogP contribution >= 0.6 is 0 Å². The van der Waals surface area contributed by atoms with E-state index < -0.39 is 31.5 Å². The molecule has 0 saturated carbocycles. The quantitative estimate of drug-likeness (QED) is 0.0380. The minimum absolute atomic E-state index is 0.364. The zero-order valence-corrected chi connectivity index (χ0v) is 36.3. The summed E-state index contributed by atoms with van der Waals surface area (Å²) in [6, 6.07) is 7.37. The molecule has 10 heteroatoms. The highest BCUT2D eigenvalue weighted by Gasteiger charge is 2.28. The van der Waals surface area contributed by atoms with Gasteiger partial charge in [-0.2, -0.15) is 0 Å². The lowest BCUT2D eigenvalue weighted by Gasteiger charge is -2.27. The Balaban J connectivity index is 5.13. The zero-order valence-electron chi connectivity index (χ0n) is 33.3. The molecule has 0 unspecified atom stereocenters. The summed E-state index contributed by atoms with van der Waals surface area (Å²) >= 11 is 0. The van der Waals surface area contributed by atoms with Crippen molar-refractivity contribution >= 4 is 31.5 Å². The summed E-state index contributed by atoms with van der Waals surface area (Å²) in [5, 5.41) is 4.55. The molecule has 0 spiro atoms. The van der Waals surface area contributed by atoms with E-state index in [2.05, 4.69) is 99.1 Å². The van der Waals surface area contributed by atoms with Crippen LogP contribution in [0.5, 0.6) is 0 Å². The van der Waals surface area contributed by atoms with E-state index in [4.69, 9.17) is 28.2 Å². The summed E-state index contributed by atoms with van der Waals surface area (Å²) in [6.45, 7) is 37.2. The second kappa shape index (κ2) is 28.5. The Bertz CT molecular complexity index is 864. The van der Waals surface area contributed by atoms with Gasteiger partial charge >= 0.3 is 7.32 Å². The first kappa shape index (κ1) is 47.9. The number of ether oxygens (including phenoxy) is 3. The number of hydrogen-bond acceptors (Lipinski definition) is 6. The highest BCUT2D eigenvalue weighted by Crippen LogP contribution is 2.28. The van der Waals surface area contributed by atoms with Crippen molar-refractivity contribution in [2.75, 3.05) is 59.5 Å². The third-order valence-electron chi connectivity index (χ3n) is 10.9. The van der Waals surface area contributed by atoms with Gasteiger partial charge in [0.15, 0.2) is 0 Å². The largest absolute Gasteiger partial charge is 0.639 e. The maximum Gasteiger partial charge on any atom is 0.639 e. The molecule has 0 atom stereocenters. The van der Waals surface area contributed by atoms with Crippen LogP contribution in [0.1, 0.15) is 60.8 Å². The first-order valence-electron chi connectivity index (χ1n) is 19.0. The average molecular weight is 735 g/mol. The summed E-state index contributed by atoms with van der Waals surface area (Å²) in [5.74, 6) is 0. The molecule has 282 valence electrons. The van der Waals surface area contributed by atoms with Gasteiger partial charge in [-0.15, -0.1) is 19.7 Å². The van der Waals surface area contributed by atoms with E-state index in [9.17, 15) is 0 Å². The molecular weight excluding hydrogens is 659 g/mol. The van der Waals surface area contributed by atoms with Gasteiger partial charge in [0, 0.05) is 0 Å². The normalized spacial score (nSPS) is 13.5. The SMILES string of the molecule is C=CC/C(=C/COCCOB(OCCOC/C=C(/CC=C)[Si](C)(CC)CC)OCCOC/C=C(\CC=C)[Si](C)(CC)CC)[Si](C)(CC)CC. The van der Waals surface area contributed by atoms with Gasteiger partial charge in [-0.3, -0.25) is 0 Å². The average Bonchev–Trinajstić information content (AvgIpc) is 3.12. The molecule has 0 aromatic rings. The molecule has 0 aromatic carbocycles. The molecule has 0 saturated heterocycles. The lowest BCUT2D eigenvalue weighted by Crippen LogP contribution is -2.32. The highest BCUT2D eigenvalue weighted by molar-refractivity contribution is 6.86. The zero-order chi connectivity index (χ0) is 37.0. The predicted octanol–water partition coefficient (Wildman–Crippen LogP) is 10.6. The fraction of sp³-hybridized carbons (Fsp3) is 0.692. The van der Waals surface area contributed by atoms with Crippen molar-refractivity contribution in [3.63, 3.8) is 0 Å². The van der Waals surface area contributed by atoms with E-state index in [0.717, 1.165) is 19.3 Å². The van der Waals surface area contributed by atoms with Crippen LogP contribution in [0.25, 0.3) is 0 Å².